The lowest BCUT2D eigenvalue weighted by Crippen LogP contribution is -2.15. The van der Waals surface area contributed by atoms with Gasteiger partial charge >= 0.3 is 0 Å². The highest BCUT2D eigenvalue weighted by Gasteiger charge is 2.20. The fourth-order valence-corrected chi connectivity index (χ4v) is 3.01. The molecule has 98 valence electrons. The third kappa shape index (κ3) is 2.24. The van der Waals surface area contributed by atoms with Crippen molar-refractivity contribution in [1.82, 2.24) is 0 Å². The summed E-state index contributed by atoms with van der Waals surface area (Å²) >= 11 is 1.36. The van der Waals surface area contributed by atoms with Crippen molar-refractivity contribution in [3.05, 3.63) is 64.0 Å². The molecule has 0 fully saturated rings. The lowest BCUT2D eigenvalue weighted by atomic mass is 10.1. The van der Waals surface area contributed by atoms with Crippen LogP contribution >= 0.6 is 11.3 Å². The van der Waals surface area contributed by atoms with Gasteiger partial charge in [0.05, 0.1) is 4.88 Å². The quantitative estimate of drug-likeness (QED) is 0.491. The van der Waals surface area contributed by atoms with Crippen LogP contribution in [0.25, 0.3) is 0 Å². The number of nitrogens with zero attached hydrogens (tertiary/aromatic N) is 2. The van der Waals surface area contributed by atoms with Crippen LogP contribution in [-0.2, 0) is 6.42 Å². The van der Waals surface area contributed by atoms with Crippen LogP contribution in [0, 0.1) is 11.3 Å². The fraction of sp³-hybridized carbons (Fsp3) is 0.125. The number of nitriles is 1. The first kappa shape index (κ1) is 12.6. The van der Waals surface area contributed by atoms with Gasteiger partial charge in [0.25, 0.3) is 0 Å². The molecule has 0 bridgehead atoms. The number of hydrogen-bond donors (Lipinski definition) is 0. The van der Waals surface area contributed by atoms with Crippen molar-refractivity contribution < 1.29 is 4.79 Å². The molecule has 0 saturated heterocycles. The first-order valence-electron chi connectivity index (χ1n) is 6.34. The molecule has 1 aromatic heterocycles. The number of rotatable bonds is 3. The van der Waals surface area contributed by atoms with Gasteiger partial charge in [-0.2, -0.15) is 5.26 Å². The summed E-state index contributed by atoms with van der Waals surface area (Å²) in [7, 11) is 0. The van der Waals surface area contributed by atoms with E-state index in [2.05, 4.69) is 6.07 Å². The zero-order chi connectivity index (χ0) is 13.9. The molecule has 4 heteroatoms. The Morgan fingerprint density at radius 1 is 1.30 bits per heavy atom. The third-order valence-electron chi connectivity index (χ3n) is 3.32. The van der Waals surface area contributed by atoms with Crippen LogP contribution in [0.4, 0.5) is 5.69 Å². The van der Waals surface area contributed by atoms with Crippen LogP contribution in [-0.4, -0.2) is 12.3 Å². The summed E-state index contributed by atoms with van der Waals surface area (Å²) in [6, 6.07) is 13.7. The van der Waals surface area contributed by atoms with Gasteiger partial charge in [-0.15, -0.1) is 11.3 Å². The molecule has 0 atom stereocenters. The van der Waals surface area contributed by atoms with E-state index in [0.29, 0.717) is 4.88 Å². The summed E-state index contributed by atoms with van der Waals surface area (Å²) in [5.74, 6) is -0.202. The Bertz CT molecular complexity index is 710. The smallest absolute Gasteiger partial charge is 0.214 e. The van der Waals surface area contributed by atoms with E-state index in [0.717, 1.165) is 18.7 Å². The van der Waals surface area contributed by atoms with Crippen LogP contribution in [0.2, 0.25) is 0 Å². The molecule has 20 heavy (non-hydrogen) atoms. The number of carbonyl (C=O) groups excluding carboxylic acids is 1. The maximum atomic E-state index is 12.2. The van der Waals surface area contributed by atoms with Crippen LogP contribution in [0.3, 0.4) is 0 Å². The van der Waals surface area contributed by atoms with Crippen molar-refractivity contribution in [2.75, 3.05) is 11.4 Å². The van der Waals surface area contributed by atoms with Crippen LogP contribution in [0.1, 0.15) is 15.2 Å². The predicted molar refractivity (Wildman–Crippen MR) is 79.8 cm³/mol. The summed E-state index contributed by atoms with van der Waals surface area (Å²) < 4.78 is 0. The molecular formula is C16H12N2OS. The highest BCUT2D eigenvalue weighted by atomic mass is 32.1. The molecule has 0 aliphatic carbocycles. The number of hydrogen-bond acceptors (Lipinski definition) is 4. The maximum absolute atomic E-state index is 12.2. The molecule has 2 heterocycles. The van der Waals surface area contributed by atoms with Gasteiger partial charge in [-0.1, -0.05) is 24.3 Å². The summed E-state index contributed by atoms with van der Waals surface area (Å²) in [5, 5.41) is 11.1. The number of ketones is 1. The van der Waals surface area contributed by atoms with E-state index in [1.54, 1.807) is 12.3 Å². The molecule has 2 aromatic rings. The van der Waals surface area contributed by atoms with Crippen molar-refractivity contribution in [3.8, 4) is 6.07 Å². The van der Waals surface area contributed by atoms with Crippen LogP contribution in [0.15, 0.2) is 53.6 Å². The Morgan fingerprint density at radius 3 is 2.90 bits per heavy atom. The van der Waals surface area contributed by atoms with E-state index in [4.69, 9.17) is 0 Å². The van der Waals surface area contributed by atoms with Gasteiger partial charge in [-0.3, -0.25) is 4.79 Å². The van der Waals surface area contributed by atoms with Gasteiger partial charge < -0.3 is 4.90 Å². The number of anilines is 1. The van der Waals surface area contributed by atoms with Gasteiger partial charge in [-0.25, -0.2) is 0 Å². The highest BCUT2D eigenvalue weighted by molar-refractivity contribution is 7.12. The number of carbonyl (C=O) groups is 1. The normalized spacial score (nSPS) is 13.9. The standard InChI is InChI=1S/C16H12N2OS/c17-10-13(16(19)15-6-3-9-20-15)11-18-8-7-12-4-1-2-5-14(12)18/h1-6,9,11H,7-8H2. The molecule has 0 unspecified atom stereocenters. The molecule has 3 rings (SSSR count). The number of allylic oxidation sites excluding steroid dienone is 1. The third-order valence-corrected chi connectivity index (χ3v) is 4.19. The number of thiophene rings is 1. The summed E-state index contributed by atoms with van der Waals surface area (Å²) in [5.41, 5.74) is 2.52. The molecule has 0 saturated carbocycles. The molecular weight excluding hydrogens is 268 g/mol. The zero-order valence-electron chi connectivity index (χ0n) is 10.7. The highest BCUT2D eigenvalue weighted by Crippen LogP contribution is 2.28. The average molecular weight is 280 g/mol. The van der Waals surface area contributed by atoms with Gasteiger partial charge in [-0.05, 0) is 29.5 Å². The number of para-hydroxylation sites is 1. The Hall–Kier alpha value is -2.38. The van der Waals surface area contributed by atoms with E-state index in [1.807, 2.05) is 40.6 Å². The number of fused-ring (bicyclic) bond motifs is 1. The predicted octanol–water partition coefficient (Wildman–Crippen LogP) is 3.40. The van der Waals surface area contributed by atoms with Gasteiger partial charge in [0, 0.05) is 18.4 Å². The van der Waals surface area contributed by atoms with E-state index in [-0.39, 0.29) is 11.4 Å². The van der Waals surface area contributed by atoms with E-state index < -0.39 is 0 Å². The Balaban J connectivity index is 1.92. The second-order valence-corrected chi connectivity index (χ2v) is 5.48. The fourth-order valence-electron chi connectivity index (χ4n) is 2.33. The molecule has 1 aromatic carbocycles. The lowest BCUT2D eigenvalue weighted by Gasteiger charge is -2.14. The summed E-state index contributed by atoms with van der Waals surface area (Å²) in [6.45, 7) is 0.808. The molecule has 0 N–H and O–H groups in total. The molecule has 1 aliphatic heterocycles. The second-order valence-electron chi connectivity index (χ2n) is 4.53. The second kappa shape index (κ2) is 5.32. The lowest BCUT2D eigenvalue weighted by molar-refractivity contribution is 0.104. The van der Waals surface area contributed by atoms with E-state index in [1.165, 1.54) is 16.9 Å². The minimum atomic E-state index is -0.202. The summed E-state index contributed by atoms with van der Waals surface area (Å²) in [4.78, 5) is 14.8. The van der Waals surface area contributed by atoms with E-state index in [9.17, 15) is 10.1 Å². The van der Waals surface area contributed by atoms with Gasteiger partial charge in [0.2, 0.25) is 5.78 Å². The van der Waals surface area contributed by atoms with Gasteiger partial charge in [0.1, 0.15) is 11.6 Å². The minimum Gasteiger partial charge on any atom is -0.346 e. The molecule has 1 aliphatic rings. The van der Waals surface area contributed by atoms with Crippen molar-refractivity contribution in [3.63, 3.8) is 0 Å². The van der Waals surface area contributed by atoms with Crippen molar-refractivity contribution in [2.45, 2.75) is 6.42 Å². The maximum Gasteiger partial charge on any atom is 0.214 e. The van der Waals surface area contributed by atoms with Gasteiger partial charge in [0.15, 0.2) is 0 Å². The van der Waals surface area contributed by atoms with Crippen molar-refractivity contribution in [2.24, 2.45) is 0 Å². The minimum absolute atomic E-state index is 0.184. The SMILES string of the molecule is N#CC(=CN1CCc2ccccc21)C(=O)c1cccs1. The Labute approximate surface area is 121 Å². The Kier molecular flexibility index (Phi) is 3.36. The first-order valence-corrected chi connectivity index (χ1v) is 7.22. The number of Topliss-reactive ketones (excluding diaryl/α,β-unsaturated/α-hetero) is 1. The van der Waals surface area contributed by atoms with E-state index >= 15 is 0 Å². The largest absolute Gasteiger partial charge is 0.346 e. The summed E-state index contributed by atoms with van der Waals surface area (Å²) in [6.07, 6.45) is 2.62. The topological polar surface area (TPSA) is 44.1 Å². The Morgan fingerprint density at radius 2 is 2.15 bits per heavy atom. The molecule has 0 amide bonds. The molecule has 0 radical (unpaired) electrons. The van der Waals surface area contributed by atoms with Crippen LogP contribution < -0.4 is 4.90 Å². The van der Waals surface area contributed by atoms with Crippen LogP contribution in [0.5, 0.6) is 0 Å². The molecule has 0 spiro atoms. The first-order chi connectivity index (χ1) is 9.79. The molecule has 3 nitrogen and oxygen atoms in total. The van der Waals surface area contributed by atoms with Crippen molar-refractivity contribution in [1.29, 1.82) is 5.26 Å². The monoisotopic (exact) mass is 280 g/mol. The van der Waals surface area contributed by atoms with Crippen molar-refractivity contribution >= 4 is 22.8 Å². The number of benzene rings is 1. The zero-order valence-corrected chi connectivity index (χ0v) is 11.6. The average Bonchev–Trinajstić information content (AvgIpc) is 3.14.